The topological polar surface area (TPSA) is 189 Å². The molecule has 6 aliphatic rings. The minimum atomic E-state index is -0.385. The summed E-state index contributed by atoms with van der Waals surface area (Å²) in [5.41, 5.74) is 19.2. The predicted molar refractivity (Wildman–Crippen MR) is 192 cm³/mol. The van der Waals surface area contributed by atoms with E-state index >= 15 is 0 Å². The average Bonchev–Trinajstić information content (AvgIpc) is 4.05. The van der Waals surface area contributed by atoms with Gasteiger partial charge in [0.2, 0.25) is 5.91 Å². The van der Waals surface area contributed by atoms with Crippen molar-refractivity contribution in [1.82, 2.24) is 35.2 Å². The molecule has 4 aliphatic heterocycles. The van der Waals surface area contributed by atoms with Gasteiger partial charge in [0.25, 0.3) is 11.8 Å². The number of allylic oxidation sites excluding steroid dienone is 1. The molecule has 15 nitrogen and oxygen atoms in total. The molecule has 6 heterocycles. The standard InChI is InChI=1S/C37H43N11O4/c1-45-17-29-25(13-40-48(29)23-15-46(16-23)14-22-4-2-7-27(41-22)37(51)47-18-31-30(47)19-52-31)24-5-3-6-26(34(24)45)43-28(33(39)36(50)42-21-10-11-21)12-32(38)44-35(49)20-8-9-20/h2-7,12-13,20-21,23,30-31,43H,8-11,14-19,38-39H2,1H3,(H,42,50)(H,44,49)/b32-12+,33-28+/t30?,31-/m1/s1. The zero-order chi connectivity index (χ0) is 35.7. The Morgan fingerprint density at radius 1 is 1.02 bits per heavy atom. The second kappa shape index (κ2) is 12.7. The number of rotatable bonds is 11. The highest BCUT2D eigenvalue weighted by Crippen LogP contribution is 2.44. The summed E-state index contributed by atoms with van der Waals surface area (Å²) in [7, 11) is 2.03. The van der Waals surface area contributed by atoms with E-state index in [1.165, 1.54) is 6.08 Å². The summed E-state index contributed by atoms with van der Waals surface area (Å²) in [5, 5.41) is 13.9. The lowest BCUT2D eigenvalue weighted by Gasteiger charge is -2.54. The Kier molecular flexibility index (Phi) is 7.92. The maximum atomic E-state index is 13.1. The first kappa shape index (κ1) is 32.5. The van der Waals surface area contributed by atoms with Gasteiger partial charge in [0.15, 0.2) is 0 Å². The molecule has 3 aromatic rings. The van der Waals surface area contributed by atoms with Crippen LogP contribution in [-0.4, -0.2) is 93.8 Å². The minimum absolute atomic E-state index is 0.0128. The molecule has 3 saturated heterocycles. The van der Waals surface area contributed by atoms with Crippen molar-refractivity contribution in [3.05, 3.63) is 83.0 Å². The number of amides is 3. The SMILES string of the molecule is CN1Cc2c(cnn2C2CN(Cc3cccc(C(=O)N4C[C@H]5OCC54)n3)C2)-c2cccc(NC(/C=C(\N)NC(=O)C3CC3)=C(/N)C(=O)NC3CC3)c21. The van der Waals surface area contributed by atoms with E-state index in [4.69, 9.17) is 26.3 Å². The van der Waals surface area contributed by atoms with Crippen LogP contribution >= 0.6 is 0 Å². The van der Waals surface area contributed by atoms with Gasteiger partial charge in [0, 0.05) is 62.4 Å². The zero-order valence-corrected chi connectivity index (χ0v) is 29.0. The van der Waals surface area contributed by atoms with Crippen molar-refractivity contribution in [2.75, 3.05) is 43.5 Å². The quantitative estimate of drug-likeness (QED) is 0.143. The van der Waals surface area contributed by atoms with E-state index in [0.29, 0.717) is 37.6 Å². The van der Waals surface area contributed by atoms with E-state index in [2.05, 4.69) is 36.5 Å². The molecular weight excluding hydrogens is 662 g/mol. The highest BCUT2D eigenvalue weighted by Gasteiger charge is 2.50. The summed E-state index contributed by atoms with van der Waals surface area (Å²) in [6.07, 6.45) is 7.18. The summed E-state index contributed by atoms with van der Waals surface area (Å²) in [6.45, 7) is 4.19. The number of pyridine rings is 1. The molecule has 270 valence electrons. The van der Waals surface area contributed by atoms with Gasteiger partial charge in [-0.25, -0.2) is 4.98 Å². The van der Waals surface area contributed by atoms with Crippen molar-refractivity contribution in [2.45, 2.75) is 63.0 Å². The number of hydrogen-bond donors (Lipinski definition) is 5. The molecule has 0 bridgehead atoms. The number of aromatic nitrogens is 3. The first-order valence-corrected chi connectivity index (χ1v) is 18.1. The van der Waals surface area contributed by atoms with Crippen LogP contribution in [0.25, 0.3) is 11.1 Å². The molecule has 7 N–H and O–H groups in total. The number of ether oxygens (including phenoxy) is 1. The van der Waals surface area contributed by atoms with Gasteiger partial charge in [-0.05, 0) is 43.9 Å². The van der Waals surface area contributed by atoms with Crippen LogP contribution in [0.2, 0.25) is 0 Å². The van der Waals surface area contributed by atoms with Crippen molar-refractivity contribution in [2.24, 2.45) is 17.4 Å². The second-order valence-electron chi connectivity index (χ2n) is 14.8. The first-order valence-electron chi connectivity index (χ1n) is 18.1. The molecule has 0 spiro atoms. The fourth-order valence-corrected chi connectivity index (χ4v) is 7.48. The Balaban J connectivity index is 0.907. The van der Waals surface area contributed by atoms with Crippen molar-refractivity contribution in [3.63, 3.8) is 0 Å². The van der Waals surface area contributed by atoms with E-state index < -0.39 is 0 Å². The number of carbonyl (C=O) groups excluding carboxylic acids is 3. The van der Waals surface area contributed by atoms with Crippen LogP contribution in [0.3, 0.4) is 0 Å². The number of nitrogens with zero attached hydrogens (tertiary/aromatic N) is 6. The number of para-hydroxylation sites is 1. The molecule has 1 unspecified atom stereocenters. The molecule has 52 heavy (non-hydrogen) atoms. The number of nitrogens with two attached hydrogens (primary N) is 2. The van der Waals surface area contributed by atoms with Gasteiger partial charge >= 0.3 is 0 Å². The van der Waals surface area contributed by atoms with Crippen molar-refractivity contribution < 1.29 is 19.1 Å². The van der Waals surface area contributed by atoms with Crippen molar-refractivity contribution in [3.8, 4) is 11.1 Å². The molecule has 5 fully saturated rings. The minimum Gasteiger partial charge on any atom is -0.393 e. The van der Waals surface area contributed by atoms with Gasteiger partial charge in [-0.2, -0.15) is 5.10 Å². The number of anilines is 2. The van der Waals surface area contributed by atoms with Crippen LogP contribution in [0.4, 0.5) is 11.4 Å². The van der Waals surface area contributed by atoms with Crippen molar-refractivity contribution >= 4 is 29.1 Å². The summed E-state index contributed by atoms with van der Waals surface area (Å²) in [5.74, 6) is -0.448. The van der Waals surface area contributed by atoms with Gasteiger partial charge in [0.05, 0.1) is 66.0 Å². The average molecular weight is 706 g/mol. The molecule has 2 aliphatic carbocycles. The van der Waals surface area contributed by atoms with Crippen LogP contribution in [0, 0.1) is 5.92 Å². The Labute approximate surface area is 301 Å². The molecule has 3 amide bonds. The molecule has 0 radical (unpaired) electrons. The summed E-state index contributed by atoms with van der Waals surface area (Å²) in [4.78, 5) is 49.5. The predicted octanol–water partition coefficient (Wildman–Crippen LogP) is 1.36. The lowest BCUT2D eigenvalue weighted by Crippen LogP contribution is -2.71. The number of benzene rings is 1. The maximum absolute atomic E-state index is 13.1. The van der Waals surface area contributed by atoms with Gasteiger partial charge in [-0.3, -0.25) is 24.0 Å². The molecule has 2 saturated carbocycles. The largest absolute Gasteiger partial charge is 0.393 e. The molecule has 1 aromatic carbocycles. The lowest BCUT2D eigenvalue weighted by molar-refractivity contribution is -0.195. The van der Waals surface area contributed by atoms with E-state index in [1.807, 2.05) is 42.4 Å². The van der Waals surface area contributed by atoms with Gasteiger partial charge in [0.1, 0.15) is 17.2 Å². The molecule has 9 rings (SSSR count). The van der Waals surface area contributed by atoms with Gasteiger partial charge in [-0.1, -0.05) is 18.2 Å². The Morgan fingerprint density at radius 2 is 1.83 bits per heavy atom. The Hall–Kier alpha value is -5.41. The first-order chi connectivity index (χ1) is 25.2. The Bertz CT molecular complexity index is 2030. The number of likely N-dealkylation sites (tertiary alicyclic amines) is 2. The third kappa shape index (κ3) is 6.02. The summed E-state index contributed by atoms with van der Waals surface area (Å²) in [6, 6.07) is 12.2. The highest BCUT2D eigenvalue weighted by molar-refractivity contribution is 5.96. The van der Waals surface area contributed by atoms with Crippen LogP contribution in [0.1, 0.15) is 53.6 Å². The summed E-state index contributed by atoms with van der Waals surface area (Å²) >= 11 is 0. The van der Waals surface area contributed by atoms with E-state index in [9.17, 15) is 14.4 Å². The van der Waals surface area contributed by atoms with E-state index in [1.54, 1.807) is 6.07 Å². The monoisotopic (exact) mass is 705 g/mol. The number of hydrogen-bond acceptors (Lipinski definition) is 11. The summed E-state index contributed by atoms with van der Waals surface area (Å²) < 4.78 is 7.58. The fourth-order valence-electron chi connectivity index (χ4n) is 7.48. The lowest BCUT2D eigenvalue weighted by atomic mass is 9.94. The smallest absolute Gasteiger partial charge is 0.272 e. The van der Waals surface area contributed by atoms with Crippen LogP contribution in [0.5, 0.6) is 0 Å². The molecular formula is C37H43N11O4. The number of morpholine rings is 1. The van der Waals surface area contributed by atoms with Gasteiger partial charge in [-0.15, -0.1) is 0 Å². The van der Waals surface area contributed by atoms with Crippen LogP contribution < -0.4 is 32.3 Å². The van der Waals surface area contributed by atoms with E-state index in [0.717, 1.165) is 72.7 Å². The Morgan fingerprint density at radius 3 is 2.54 bits per heavy atom. The maximum Gasteiger partial charge on any atom is 0.272 e. The third-order valence-electron chi connectivity index (χ3n) is 10.9. The van der Waals surface area contributed by atoms with Gasteiger partial charge < -0.3 is 42.0 Å². The highest BCUT2D eigenvalue weighted by atomic mass is 16.5. The van der Waals surface area contributed by atoms with Crippen LogP contribution in [-0.2, 0) is 27.4 Å². The molecule has 2 aromatic heterocycles. The van der Waals surface area contributed by atoms with Crippen LogP contribution in [0.15, 0.2) is 65.9 Å². The third-order valence-corrected chi connectivity index (χ3v) is 10.9. The van der Waals surface area contributed by atoms with Crippen molar-refractivity contribution in [1.29, 1.82) is 0 Å². The van der Waals surface area contributed by atoms with E-state index in [-0.39, 0.29) is 59.4 Å². The second-order valence-corrected chi connectivity index (χ2v) is 14.8. The zero-order valence-electron chi connectivity index (χ0n) is 29.0. The normalized spacial score (nSPS) is 22.8. The number of fused-ring (bicyclic) bond motifs is 4. The molecule has 2 atom stereocenters. The number of carbonyl (C=O) groups is 3. The molecule has 15 heteroatoms. The number of nitrogens with one attached hydrogen (secondary N) is 3. The fraction of sp³-hybridized carbons (Fsp3) is 0.432.